The van der Waals surface area contributed by atoms with Gasteiger partial charge in [-0.15, -0.1) is 6.42 Å². The summed E-state index contributed by atoms with van der Waals surface area (Å²) in [5, 5.41) is 10.0. The molecule has 0 spiro atoms. The smallest absolute Gasteiger partial charge is 0.0900 e. The average molecular weight is 288 g/mol. The zero-order valence-corrected chi connectivity index (χ0v) is 12.4. The molecule has 1 aliphatic heterocycles. The van der Waals surface area contributed by atoms with Crippen molar-refractivity contribution < 1.29 is 9.84 Å². The van der Waals surface area contributed by atoms with E-state index in [9.17, 15) is 5.11 Å². The zero-order valence-electron chi connectivity index (χ0n) is 12.4. The van der Waals surface area contributed by atoms with E-state index in [1.807, 2.05) is 30.3 Å². The Bertz CT molecular complexity index is 436. The largest absolute Gasteiger partial charge is 0.389 e. The lowest BCUT2D eigenvalue weighted by Gasteiger charge is -2.34. The highest BCUT2D eigenvalue weighted by atomic mass is 16.5. The number of terminal acetylenes is 1. The topological polar surface area (TPSA) is 35.9 Å². The molecule has 1 fully saturated rings. The highest BCUT2D eigenvalue weighted by Gasteiger charge is 2.18. The van der Waals surface area contributed by atoms with Gasteiger partial charge in [0.1, 0.15) is 0 Å². The van der Waals surface area contributed by atoms with Gasteiger partial charge >= 0.3 is 0 Å². The van der Waals surface area contributed by atoms with Crippen molar-refractivity contribution in [3.8, 4) is 12.3 Å². The van der Waals surface area contributed by atoms with Crippen LogP contribution in [0.4, 0.5) is 0 Å². The number of β-amino-alcohol motifs (C(OH)–C–C–N with tert-alkyl or cyclic N) is 1. The van der Waals surface area contributed by atoms with Crippen molar-refractivity contribution in [2.75, 3.05) is 45.9 Å². The van der Waals surface area contributed by atoms with Crippen LogP contribution >= 0.6 is 0 Å². The van der Waals surface area contributed by atoms with E-state index < -0.39 is 6.10 Å². The van der Waals surface area contributed by atoms with Crippen molar-refractivity contribution in [1.82, 2.24) is 9.80 Å². The summed E-state index contributed by atoms with van der Waals surface area (Å²) >= 11 is 0. The molecule has 0 bridgehead atoms. The van der Waals surface area contributed by atoms with Gasteiger partial charge in [-0.05, 0) is 5.56 Å². The van der Waals surface area contributed by atoms with Crippen molar-refractivity contribution in [1.29, 1.82) is 0 Å². The lowest BCUT2D eigenvalue weighted by Crippen LogP contribution is -2.49. The predicted octanol–water partition coefficient (Wildman–Crippen LogP) is 0.815. The Labute approximate surface area is 127 Å². The van der Waals surface area contributed by atoms with Crippen LogP contribution in [0.15, 0.2) is 30.3 Å². The molecule has 2 rings (SSSR count). The molecule has 1 atom stereocenters. The van der Waals surface area contributed by atoms with Gasteiger partial charge in [0.25, 0.3) is 0 Å². The molecule has 4 heteroatoms. The molecule has 1 aromatic carbocycles. The summed E-state index contributed by atoms with van der Waals surface area (Å²) in [6.07, 6.45) is 4.88. The molecule has 114 valence electrons. The minimum Gasteiger partial charge on any atom is -0.389 e. The van der Waals surface area contributed by atoms with E-state index in [0.717, 1.165) is 38.3 Å². The van der Waals surface area contributed by atoms with Gasteiger partial charge in [-0.2, -0.15) is 0 Å². The van der Waals surface area contributed by atoms with Crippen LogP contribution in [-0.4, -0.2) is 66.9 Å². The summed E-state index contributed by atoms with van der Waals surface area (Å²) in [5.74, 6) is 2.67. The van der Waals surface area contributed by atoms with Crippen molar-refractivity contribution in [2.45, 2.75) is 12.7 Å². The van der Waals surface area contributed by atoms with Gasteiger partial charge in [0, 0.05) is 32.7 Å². The van der Waals surface area contributed by atoms with Gasteiger partial charge in [-0.3, -0.25) is 9.80 Å². The van der Waals surface area contributed by atoms with E-state index >= 15 is 0 Å². The molecule has 1 aliphatic rings. The summed E-state index contributed by atoms with van der Waals surface area (Å²) in [6.45, 7) is 6.17. The van der Waals surface area contributed by atoms with Crippen molar-refractivity contribution in [3.63, 3.8) is 0 Å². The molecule has 1 heterocycles. The fraction of sp³-hybridized carbons (Fsp3) is 0.529. The number of piperazine rings is 1. The Kier molecular flexibility index (Phi) is 6.71. The van der Waals surface area contributed by atoms with Crippen LogP contribution in [0, 0.1) is 12.3 Å². The first-order valence-electron chi connectivity index (χ1n) is 7.46. The molecule has 0 radical (unpaired) electrons. The fourth-order valence-corrected chi connectivity index (χ4v) is 2.50. The van der Waals surface area contributed by atoms with E-state index in [1.165, 1.54) is 0 Å². The summed E-state index contributed by atoms with van der Waals surface area (Å²) < 4.78 is 5.57. The minimum absolute atomic E-state index is 0.374. The third-order valence-corrected chi connectivity index (χ3v) is 3.67. The number of nitrogens with zero attached hydrogens (tertiary/aromatic N) is 2. The second-order valence-corrected chi connectivity index (χ2v) is 5.44. The maximum absolute atomic E-state index is 10.0. The number of aliphatic hydroxyl groups is 1. The second-order valence-electron chi connectivity index (χ2n) is 5.44. The molecule has 0 aromatic heterocycles. The lowest BCUT2D eigenvalue weighted by molar-refractivity contribution is 0.00225. The Morgan fingerprint density at radius 2 is 1.81 bits per heavy atom. The predicted molar refractivity (Wildman–Crippen MR) is 83.8 cm³/mol. The number of hydrogen-bond acceptors (Lipinski definition) is 4. The first-order valence-corrected chi connectivity index (χ1v) is 7.46. The first kappa shape index (κ1) is 16.0. The SMILES string of the molecule is C#CCN1CCN(CC(O)COCc2ccccc2)CC1. The average Bonchev–Trinajstić information content (AvgIpc) is 2.51. The highest BCUT2D eigenvalue weighted by molar-refractivity contribution is 5.13. The van der Waals surface area contributed by atoms with E-state index in [2.05, 4.69) is 15.7 Å². The first-order chi connectivity index (χ1) is 10.3. The Morgan fingerprint density at radius 3 is 2.48 bits per heavy atom. The van der Waals surface area contributed by atoms with Gasteiger partial charge < -0.3 is 9.84 Å². The monoisotopic (exact) mass is 288 g/mol. The Balaban J connectivity index is 1.60. The van der Waals surface area contributed by atoms with E-state index in [0.29, 0.717) is 19.8 Å². The Morgan fingerprint density at radius 1 is 1.14 bits per heavy atom. The van der Waals surface area contributed by atoms with Crippen molar-refractivity contribution in [3.05, 3.63) is 35.9 Å². The third kappa shape index (κ3) is 5.86. The van der Waals surface area contributed by atoms with E-state index in [1.54, 1.807) is 0 Å². The normalized spacial score (nSPS) is 18.3. The van der Waals surface area contributed by atoms with Crippen LogP contribution in [0.2, 0.25) is 0 Å². The van der Waals surface area contributed by atoms with Crippen LogP contribution in [0.1, 0.15) is 5.56 Å². The molecular formula is C17H24N2O2. The van der Waals surface area contributed by atoms with Crippen LogP contribution in [0.5, 0.6) is 0 Å². The maximum Gasteiger partial charge on any atom is 0.0900 e. The van der Waals surface area contributed by atoms with Gasteiger partial charge in [0.2, 0.25) is 0 Å². The summed E-state index contributed by atoms with van der Waals surface area (Å²) in [5.41, 5.74) is 1.13. The molecule has 4 nitrogen and oxygen atoms in total. The maximum atomic E-state index is 10.0. The third-order valence-electron chi connectivity index (χ3n) is 3.67. The van der Waals surface area contributed by atoms with Crippen LogP contribution < -0.4 is 0 Å². The molecule has 0 saturated carbocycles. The van der Waals surface area contributed by atoms with E-state index in [4.69, 9.17) is 11.2 Å². The number of hydrogen-bond donors (Lipinski definition) is 1. The fourth-order valence-electron chi connectivity index (χ4n) is 2.50. The Hall–Kier alpha value is -1.38. The number of ether oxygens (including phenoxy) is 1. The molecule has 0 aliphatic carbocycles. The standard InChI is InChI=1S/C17H24N2O2/c1-2-8-18-9-11-19(12-10-18)13-17(20)15-21-14-16-6-4-3-5-7-16/h1,3-7,17,20H,8-15H2. The molecule has 21 heavy (non-hydrogen) atoms. The van der Waals surface area contributed by atoms with Crippen LogP contribution in [0.25, 0.3) is 0 Å². The van der Waals surface area contributed by atoms with Crippen LogP contribution in [0.3, 0.4) is 0 Å². The van der Waals surface area contributed by atoms with Crippen molar-refractivity contribution >= 4 is 0 Å². The van der Waals surface area contributed by atoms with E-state index in [-0.39, 0.29) is 0 Å². The zero-order chi connectivity index (χ0) is 14.9. The molecule has 1 N–H and O–H groups in total. The summed E-state index contributed by atoms with van der Waals surface area (Å²) in [6, 6.07) is 10.0. The number of aliphatic hydroxyl groups excluding tert-OH is 1. The van der Waals surface area contributed by atoms with Gasteiger partial charge in [-0.1, -0.05) is 36.3 Å². The van der Waals surface area contributed by atoms with Gasteiger partial charge in [-0.25, -0.2) is 0 Å². The van der Waals surface area contributed by atoms with Crippen molar-refractivity contribution in [2.24, 2.45) is 0 Å². The number of benzene rings is 1. The summed E-state index contributed by atoms with van der Waals surface area (Å²) in [4.78, 5) is 4.53. The second kappa shape index (κ2) is 8.81. The number of rotatable bonds is 7. The molecular weight excluding hydrogens is 264 g/mol. The quantitative estimate of drug-likeness (QED) is 0.754. The lowest BCUT2D eigenvalue weighted by atomic mass is 10.2. The summed E-state index contributed by atoms with van der Waals surface area (Å²) in [7, 11) is 0. The van der Waals surface area contributed by atoms with Crippen LogP contribution in [-0.2, 0) is 11.3 Å². The molecule has 1 saturated heterocycles. The molecule has 1 aromatic rings. The molecule has 0 amide bonds. The molecule has 1 unspecified atom stereocenters. The minimum atomic E-state index is -0.437. The highest BCUT2D eigenvalue weighted by Crippen LogP contribution is 2.04. The van der Waals surface area contributed by atoms with Gasteiger partial charge in [0.15, 0.2) is 0 Å². The van der Waals surface area contributed by atoms with Gasteiger partial charge in [0.05, 0.1) is 25.9 Å².